The van der Waals surface area contributed by atoms with E-state index in [9.17, 15) is 0 Å². The second kappa shape index (κ2) is 6.85. The molecular weight excluding hydrogens is 281 g/mol. The molecule has 0 aliphatic carbocycles. The summed E-state index contributed by atoms with van der Waals surface area (Å²) in [7, 11) is 0. The first-order valence-corrected chi connectivity index (χ1v) is 6.87. The number of hydrogen-bond acceptors (Lipinski definition) is 3. The van der Waals surface area contributed by atoms with Gasteiger partial charge in [-0.3, -0.25) is 9.88 Å². The molecule has 3 nitrogen and oxygen atoms in total. The van der Waals surface area contributed by atoms with Crippen LogP contribution < -0.4 is 0 Å². The molecule has 0 atom stereocenters. The number of halogens is 2. The van der Waals surface area contributed by atoms with Crippen molar-refractivity contribution in [3.63, 3.8) is 0 Å². The Bertz CT molecular complexity index is 531. The van der Waals surface area contributed by atoms with Crippen LogP contribution in [0.3, 0.4) is 0 Å². The molecule has 2 rings (SSSR count). The van der Waals surface area contributed by atoms with E-state index in [-0.39, 0.29) is 0 Å². The summed E-state index contributed by atoms with van der Waals surface area (Å²) in [6, 6.07) is 7.60. The summed E-state index contributed by atoms with van der Waals surface area (Å²) < 4.78 is 0. The van der Waals surface area contributed by atoms with Crippen LogP contribution in [0.4, 0.5) is 0 Å². The van der Waals surface area contributed by atoms with Crippen LogP contribution in [0.25, 0.3) is 0 Å². The second-order valence-electron chi connectivity index (χ2n) is 4.22. The largest absolute Gasteiger partial charge is 0.293 e. The van der Waals surface area contributed by atoms with Crippen molar-refractivity contribution in [1.82, 2.24) is 14.9 Å². The molecule has 0 saturated heterocycles. The Morgan fingerprint density at radius 1 is 1.16 bits per heavy atom. The highest BCUT2D eigenvalue weighted by Gasteiger charge is 2.09. The van der Waals surface area contributed by atoms with Crippen LogP contribution in [0.1, 0.15) is 18.2 Å². The molecule has 2 aromatic rings. The normalized spacial score (nSPS) is 10.9. The molecule has 0 aromatic carbocycles. The van der Waals surface area contributed by atoms with Gasteiger partial charge in [-0.1, -0.05) is 36.2 Å². The molecule has 0 aliphatic heterocycles. The highest BCUT2D eigenvalue weighted by atomic mass is 35.5. The minimum absolute atomic E-state index is 0.418. The lowest BCUT2D eigenvalue weighted by Gasteiger charge is -2.20. The fourth-order valence-corrected chi connectivity index (χ4v) is 2.22. The zero-order valence-electron chi connectivity index (χ0n) is 10.7. The van der Waals surface area contributed by atoms with Crippen LogP contribution in [-0.4, -0.2) is 21.4 Å². The fraction of sp³-hybridized carbons (Fsp3) is 0.286. The fourth-order valence-electron chi connectivity index (χ4n) is 1.79. The van der Waals surface area contributed by atoms with Gasteiger partial charge >= 0.3 is 0 Å². The van der Waals surface area contributed by atoms with Crippen molar-refractivity contribution in [1.29, 1.82) is 0 Å². The summed E-state index contributed by atoms with van der Waals surface area (Å²) in [5.41, 5.74) is 2.02. The molecule has 2 heterocycles. The van der Waals surface area contributed by atoms with Crippen molar-refractivity contribution in [2.24, 2.45) is 0 Å². The van der Waals surface area contributed by atoms with Crippen molar-refractivity contribution in [2.75, 3.05) is 6.54 Å². The Labute approximate surface area is 123 Å². The molecule has 0 fully saturated rings. The van der Waals surface area contributed by atoms with E-state index in [2.05, 4.69) is 21.8 Å². The maximum Gasteiger partial charge on any atom is 0.130 e. The lowest BCUT2D eigenvalue weighted by molar-refractivity contribution is 0.268. The number of aromatic nitrogens is 2. The summed E-state index contributed by atoms with van der Waals surface area (Å²) in [6.45, 7) is 4.54. The average molecular weight is 296 g/mol. The Kier molecular flexibility index (Phi) is 5.14. The zero-order chi connectivity index (χ0) is 13.7. The maximum absolute atomic E-state index is 6.17. The molecule has 0 amide bonds. The van der Waals surface area contributed by atoms with Gasteiger partial charge in [0.2, 0.25) is 0 Å². The molecule has 0 N–H and O–H groups in total. The SMILES string of the molecule is CCN(Cc1ccccn1)Cc1cnc(Cl)cc1Cl. The van der Waals surface area contributed by atoms with E-state index >= 15 is 0 Å². The van der Waals surface area contributed by atoms with E-state index in [1.54, 1.807) is 18.5 Å². The first-order chi connectivity index (χ1) is 9.19. The molecule has 19 heavy (non-hydrogen) atoms. The van der Waals surface area contributed by atoms with Crippen molar-refractivity contribution in [3.05, 3.63) is 58.1 Å². The minimum Gasteiger partial charge on any atom is -0.293 e. The Balaban J connectivity index is 2.06. The molecule has 0 saturated carbocycles. The summed E-state index contributed by atoms with van der Waals surface area (Å²) >= 11 is 12.0. The van der Waals surface area contributed by atoms with Crippen molar-refractivity contribution in [3.8, 4) is 0 Å². The van der Waals surface area contributed by atoms with Gasteiger partial charge in [0.15, 0.2) is 0 Å². The monoisotopic (exact) mass is 295 g/mol. The number of hydrogen-bond donors (Lipinski definition) is 0. The highest BCUT2D eigenvalue weighted by Crippen LogP contribution is 2.20. The minimum atomic E-state index is 0.418. The van der Waals surface area contributed by atoms with Crippen molar-refractivity contribution < 1.29 is 0 Å². The summed E-state index contributed by atoms with van der Waals surface area (Å²) in [6.07, 6.45) is 3.53. The van der Waals surface area contributed by atoms with Crippen LogP contribution in [0.15, 0.2) is 36.7 Å². The topological polar surface area (TPSA) is 29.0 Å². The van der Waals surface area contributed by atoms with E-state index in [1.165, 1.54) is 0 Å². The standard InChI is InChI=1S/C14H15Cl2N3/c1-2-19(10-12-5-3-4-6-17-12)9-11-8-18-14(16)7-13(11)15/h3-8H,2,9-10H2,1H3. The van der Waals surface area contributed by atoms with Gasteiger partial charge in [-0.25, -0.2) is 4.98 Å². The van der Waals surface area contributed by atoms with Crippen LogP contribution in [0, 0.1) is 0 Å². The van der Waals surface area contributed by atoms with Crippen LogP contribution in [0.5, 0.6) is 0 Å². The predicted molar refractivity (Wildman–Crippen MR) is 78.3 cm³/mol. The van der Waals surface area contributed by atoms with Crippen LogP contribution in [0.2, 0.25) is 10.2 Å². The van der Waals surface area contributed by atoms with E-state index in [0.717, 1.165) is 30.9 Å². The third kappa shape index (κ3) is 4.16. The van der Waals surface area contributed by atoms with Gasteiger partial charge in [0.05, 0.1) is 5.69 Å². The summed E-state index contributed by atoms with van der Waals surface area (Å²) in [5.74, 6) is 0. The van der Waals surface area contributed by atoms with Gasteiger partial charge in [-0.15, -0.1) is 0 Å². The summed E-state index contributed by atoms with van der Waals surface area (Å²) in [5, 5.41) is 1.07. The maximum atomic E-state index is 6.17. The van der Waals surface area contributed by atoms with Gasteiger partial charge in [-0.05, 0) is 24.7 Å². The van der Waals surface area contributed by atoms with Gasteiger partial charge in [0, 0.05) is 36.1 Å². The van der Waals surface area contributed by atoms with E-state index < -0.39 is 0 Å². The third-order valence-corrected chi connectivity index (χ3v) is 3.41. The zero-order valence-corrected chi connectivity index (χ0v) is 12.2. The first-order valence-electron chi connectivity index (χ1n) is 6.11. The summed E-state index contributed by atoms with van der Waals surface area (Å²) in [4.78, 5) is 10.7. The van der Waals surface area contributed by atoms with Crippen molar-refractivity contribution in [2.45, 2.75) is 20.0 Å². The third-order valence-electron chi connectivity index (χ3n) is 2.85. The lowest BCUT2D eigenvalue weighted by atomic mass is 10.2. The quantitative estimate of drug-likeness (QED) is 0.786. The highest BCUT2D eigenvalue weighted by molar-refractivity contribution is 6.34. The molecule has 0 aliphatic rings. The van der Waals surface area contributed by atoms with Crippen molar-refractivity contribution >= 4 is 23.2 Å². The molecule has 0 unspecified atom stereocenters. The lowest BCUT2D eigenvalue weighted by Crippen LogP contribution is -2.23. The first kappa shape index (κ1) is 14.3. The molecule has 5 heteroatoms. The Morgan fingerprint density at radius 3 is 2.63 bits per heavy atom. The molecule has 2 aromatic heterocycles. The number of rotatable bonds is 5. The molecular formula is C14H15Cl2N3. The Hall–Kier alpha value is -1.16. The van der Waals surface area contributed by atoms with E-state index in [0.29, 0.717) is 10.2 Å². The number of pyridine rings is 2. The van der Waals surface area contributed by atoms with Crippen LogP contribution >= 0.6 is 23.2 Å². The molecule has 0 bridgehead atoms. The van der Waals surface area contributed by atoms with Gasteiger partial charge in [0.1, 0.15) is 5.15 Å². The van der Waals surface area contributed by atoms with E-state index in [1.807, 2.05) is 18.2 Å². The smallest absolute Gasteiger partial charge is 0.130 e. The van der Waals surface area contributed by atoms with Gasteiger partial charge in [0.25, 0.3) is 0 Å². The van der Waals surface area contributed by atoms with Crippen LogP contribution in [-0.2, 0) is 13.1 Å². The van der Waals surface area contributed by atoms with Gasteiger partial charge < -0.3 is 0 Å². The molecule has 100 valence electrons. The van der Waals surface area contributed by atoms with E-state index in [4.69, 9.17) is 23.2 Å². The number of nitrogens with zero attached hydrogens (tertiary/aromatic N) is 3. The van der Waals surface area contributed by atoms with Gasteiger partial charge in [-0.2, -0.15) is 0 Å². The Morgan fingerprint density at radius 2 is 2.00 bits per heavy atom. The predicted octanol–water partition coefficient (Wildman–Crippen LogP) is 3.81. The molecule has 0 radical (unpaired) electrons. The average Bonchev–Trinajstić information content (AvgIpc) is 2.42. The second-order valence-corrected chi connectivity index (χ2v) is 5.02. The molecule has 0 spiro atoms.